The van der Waals surface area contributed by atoms with Gasteiger partial charge in [-0.15, -0.1) is 0 Å². The van der Waals surface area contributed by atoms with Gasteiger partial charge in [-0.2, -0.15) is 11.8 Å². The van der Waals surface area contributed by atoms with Crippen molar-refractivity contribution >= 4 is 35.0 Å². The third kappa shape index (κ3) is 6.17. The summed E-state index contributed by atoms with van der Waals surface area (Å²) in [7, 11) is 1.52. The summed E-state index contributed by atoms with van der Waals surface area (Å²) in [5.41, 5.74) is 2.31. The molecule has 2 amide bonds. The van der Waals surface area contributed by atoms with Gasteiger partial charge >= 0.3 is 0 Å². The van der Waals surface area contributed by atoms with Crippen molar-refractivity contribution in [3.05, 3.63) is 54.1 Å². The number of carbonyl (C=O) groups excluding carboxylic acids is 2. The molecule has 1 heterocycles. The van der Waals surface area contributed by atoms with Gasteiger partial charge in [0.1, 0.15) is 11.8 Å². The van der Waals surface area contributed by atoms with Crippen molar-refractivity contribution in [1.29, 1.82) is 0 Å². The molecule has 1 aliphatic rings. The van der Waals surface area contributed by atoms with E-state index in [-0.39, 0.29) is 11.8 Å². The molecule has 0 aromatic heterocycles. The molecule has 2 aromatic rings. The minimum atomic E-state index is -0.635. The molecule has 7 heteroatoms. The Morgan fingerprint density at radius 1 is 1.19 bits per heavy atom. The van der Waals surface area contributed by atoms with Crippen LogP contribution in [0.3, 0.4) is 0 Å². The van der Waals surface area contributed by atoms with Crippen LogP contribution in [-0.2, 0) is 4.79 Å². The fourth-order valence-electron chi connectivity index (χ4n) is 3.73. The van der Waals surface area contributed by atoms with Crippen LogP contribution in [0, 0.1) is 5.92 Å². The number of nitrogens with one attached hydrogen (secondary N) is 2. The topological polar surface area (TPSA) is 70.7 Å². The number of para-hydroxylation sites is 1. The average Bonchev–Trinajstić information content (AvgIpc) is 3.23. The maximum absolute atomic E-state index is 12.9. The minimum Gasteiger partial charge on any atom is -0.496 e. The van der Waals surface area contributed by atoms with E-state index in [1.165, 1.54) is 19.2 Å². The fourth-order valence-corrected chi connectivity index (χ4v) is 4.20. The molecule has 2 N–H and O–H groups in total. The van der Waals surface area contributed by atoms with Crippen LogP contribution in [0.5, 0.6) is 5.75 Å². The third-order valence-corrected chi connectivity index (χ3v) is 6.15. The van der Waals surface area contributed by atoms with Crippen molar-refractivity contribution < 1.29 is 14.3 Å². The molecular weight excluding hydrogens is 410 g/mol. The first kappa shape index (κ1) is 23.0. The Balaban J connectivity index is 1.66. The molecule has 6 nitrogen and oxygen atoms in total. The van der Waals surface area contributed by atoms with Gasteiger partial charge in [0.05, 0.1) is 12.7 Å². The van der Waals surface area contributed by atoms with E-state index in [4.69, 9.17) is 4.74 Å². The first-order valence-corrected chi connectivity index (χ1v) is 12.0. The van der Waals surface area contributed by atoms with Crippen LogP contribution in [0.25, 0.3) is 0 Å². The van der Waals surface area contributed by atoms with Crippen molar-refractivity contribution in [3.63, 3.8) is 0 Å². The average molecular weight is 442 g/mol. The number of benzene rings is 2. The van der Waals surface area contributed by atoms with E-state index in [1.54, 1.807) is 36.0 Å². The highest BCUT2D eigenvalue weighted by molar-refractivity contribution is 7.98. The van der Waals surface area contributed by atoms with Crippen LogP contribution in [-0.4, -0.2) is 50.1 Å². The molecule has 0 aliphatic carbocycles. The molecule has 1 fully saturated rings. The zero-order chi connectivity index (χ0) is 22.2. The molecule has 166 valence electrons. The van der Waals surface area contributed by atoms with Crippen molar-refractivity contribution in [3.8, 4) is 5.75 Å². The fraction of sp³-hybridized carbons (Fsp3) is 0.417. The summed E-state index contributed by atoms with van der Waals surface area (Å²) in [5.74, 6) is 1.41. The zero-order valence-corrected chi connectivity index (χ0v) is 19.2. The van der Waals surface area contributed by atoms with Crippen LogP contribution in [0.15, 0.2) is 48.5 Å². The summed E-state index contributed by atoms with van der Waals surface area (Å²) in [6, 6.07) is 14.3. The van der Waals surface area contributed by atoms with E-state index in [0.717, 1.165) is 24.5 Å². The van der Waals surface area contributed by atoms with Crippen molar-refractivity contribution in [2.45, 2.75) is 25.8 Å². The molecule has 1 aliphatic heterocycles. The molecule has 0 radical (unpaired) electrons. The standard InChI is InChI=1S/C24H31N3O3S/c1-17-12-14-27(16-17)19-10-8-18(9-11-19)25-24(29)21(13-15-31-3)26-23(28)20-6-4-5-7-22(20)30-2/h4-11,17,21H,12-16H2,1-3H3,(H,25,29)(H,26,28). The van der Waals surface area contributed by atoms with Gasteiger partial charge in [-0.25, -0.2) is 0 Å². The predicted octanol–water partition coefficient (Wildman–Crippen LogP) is 4.03. The summed E-state index contributed by atoms with van der Waals surface area (Å²) in [4.78, 5) is 28.1. The largest absolute Gasteiger partial charge is 0.496 e. The molecule has 0 bridgehead atoms. The number of methoxy groups -OCH3 is 1. The lowest BCUT2D eigenvalue weighted by molar-refractivity contribution is -0.118. The van der Waals surface area contributed by atoms with E-state index in [9.17, 15) is 9.59 Å². The highest BCUT2D eigenvalue weighted by Crippen LogP contribution is 2.25. The van der Waals surface area contributed by atoms with Crippen LogP contribution < -0.4 is 20.3 Å². The van der Waals surface area contributed by atoms with Gasteiger partial charge in [0.15, 0.2) is 0 Å². The number of hydrogen-bond donors (Lipinski definition) is 2. The number of thioether (sulfide) groups is 1. The number of carbonyl (C=O) groups is 2. The van der Waals surface area contributed by atoms with E-state index in [0.29, 0.717) is 23.7 Å². The normalized spacial score (nSPS) is 16.6. The maximum Gasteiger partial charge on any atom is 0.255 e. The Labute approximate surface area is 188 Å². The van der Waals surface area contributed by atoms with E-state index >= 15 is 0 Å². The molecule has 31 heavy (non-hydrogen) atoms. The van der Waals surface area contributed by atoms with E-state index in [2.05, 4.69) is 22.5 Å². The summed E-state index contributed by atoms with van der Waals surface area (Å²) in [6.07, 6.45) is 3.73. The monoisotopic (exact) mass is 441 g/mol. The lowest BCUT2D eigenvalue weighted by Gasteiger charge is -2.20. The minimum absolute atomic E-state index is 0.222. The lowest BCUT2D eigenvalue weighted by atomic mass is 10.1. The number of ether oxygens (including phenoxy) is 1. The number of anilines is 2. The Morgan fingerprint density at radius 2 is 1.94 bits per heavy atom. The molecule has 1 saturated heterocycles. The zero-order valence-electron chi connectivity index (χ0n) is 18.4. The van der Waals surface area contributed by atoms with Gasteiger partial charge < -0.3 is 20.3 Å². The van der Waals surface area contributed by atoms with Crippen LogP contribution in [0.2, 0.25) is 0 Å². The van der Waals surface area contributed by atoms with Gasteiger partial charge in [0.2, 0.25) is 5.91 Å². The first-order valence-electron chi connectivity index (χ1n) is 10.6. The predicted molar refractivity (Wildman–Crippen MR) is 128 cm³/mol. The molecular formula is C24H31N3O3S. The molecule has 3 rings (SSSR count). The molecule has 0 spiro atoms. The van der Waals surface area contributed by atoms with Gasteiger partial charge in [-0.3, -0.25) is 9.59 Å². The smallest absolute Gasteiger partial charge is 0.255 e. The van der Waals surface area contributed by atoms with Crippen molar-refractivity contribution in [2.75, 3.05) is 42.4 Å². The summed E-state index contributed by atoms with van der Waals surface area (Å²) in [5, 5.41) is 5.82. The number of hydrogen-bond acceptors (Lipinski definition) is 5. The number of amides is 2. The Morgan fingerprint density at radius 3 is 2.58 bits per heavy atom. The molecule has 2 unspecified atom stereocenters. The number of nitrogens with zero attached hydrogens (tertiary/aromatic N) is 1. The second-order valence-electron chi connectivity index (χ2n) is 7.88. The van der Waals surface area contributed by atoms with Crippen LogP contribution in [0.4, 0.5) is 11.4 Å². The summed E-state index contributed by atoms with van der Waals surface area (Å²) in [6.45, 7) is 4.40. The lowest BCUT2D eigenvalue weighted by Crippen LogP contribution is -2.44. The van der Waals surface area contributed by atoms with Crippen molar-refractivity contribution in [1.82, 2.24) is 5.32 Å². The second-order valence-corrected chi connectivity index (χ2v) is 8.87. The Kier molecular flexibility index (Phi) is 8.23. The Hall–Kier alpha value is -2.67. The Bertz CT molecular complexity index is 888. The highest BCUT2D eigenvalue weighted by atomic mass is 32.2. The molecule has 2 atom stereocenters. The first-order chi connectivity index (χ1) is 15.0. The quantitative estimate of drug-likeness (QED) is 0.615. The van der Waals surface area contributed by atoms with Gasteiger partial charge in [0.25, 0.3) is 5.91 Å². The second kappa shape index (κ2) is 11.1. The molecule has 0 saturated carbocycles. The van der Waals surface area contributed by atoms with Crippen LogP contribution >= 0.6 is 11.8 Å². The number of rotatable bonds is 9. The van der Waals surface area contributed by atoms with Crippen molar-refractivity contribution in [2.24, 2.45) is 5.92 Å². The van der Waals surface area contributed by atoms with Crippen LogP contribution in [0.1, 0.15) is 30.1 Å². The van der Waals surface area contributed by atoms with E-state index < -0.39 is 6.04 Å². The van der Waals surface area contributed by atoms with Gasteiger partial charge in [-0.05, 0) is 67.2 Å². The summed E-state index contributed by atoms with van der Waals surface area (Å²) < 4.78 is 5.28. The summed E-state index contributed by atoms with van der Waals surface area (Å²) >= 11 is 1.64. The molecule has 2 aromatic carbocycles. The highest BCUT2D eigenvalue weighted by Gasteiger charge is 2.23. The van der Waals surface area contributed by atoms with Gasteiger partial charge in [0, 0.05) is 24.5 Å². The SMILES string of the molecule is COc1ccccc1C(=O)NC(CCSC)C(=O)Nc1ccc(N2CCC(C)C2)cc1. The third-order valence-electron chi connectivity index (χ3n) is 5.51. The van der Waals surface area contributed by atoms with Gasteiger partial charge in [-0.1, -0.05) is 19.1 Å². The maximum atomic E-state index is 12.9. The van der Waals surface area contributed by atoms with E-state index in [1.807, 2.05) is 30.5 Å².